The summed E-state index contributed by atoms with van der Waals surface area (Å²) < 4.78 is 0. The van der Waals surface area contributed by atoms with Crippen molar-refractivity contribution in [2.45, 2.75) is 33.2 Å². The van der Waals surface area contributed by atoms with Crippen LogP contribution < -0.4 is 4.90 Å². The van der Waals surface area contributed by atoms with Crippen LogP contribution in [0.25, 0.3) is 0 Å². The summed E-state index contributed by atoms with van der Waals surface area (Å²) in [7, 11) is 0. The van der Waals surface area contributed by atoms with Gasteiger partial charge in [0.1, 0.15) is 5.82 Å². The Morgan fingerprint density at radius 3 is 2.71 bits per heavy atom. The van der Waals surface area contributed by atoms with Crippen molar-refractivity contribution in [2.75, 3.05) is 11.4 Å². The molecule has 3 nitrogen and oxygen atoms in total. The van der Waals surface area contributed by atoms with E-state index in [2.05, 4.69) is 35.6 Å². The Morgan fingerprint density at radius 2 is 2.21 bits per heavy atom. The third-order valence-corrected chi connectivity index (χ3v) is 2.55. The number of halogens is 1. The van der Waals surface area contributed by atoms with Crippen molar-refractivity contribution in [2.24, 2.45) is 0 Å². The summed E-state index contributed by atoms with van der Waals surface area (Å²) >= 11 is 5.74. The van der Waals surface area contributed by atoms with Crippen molar-refractivity contribution < 1.29 is 0 Å². The summed E-state index contributed by atoms with van der Waals surface area (Å²) in [4.78, 5) is 10.3. The second-order valence-corrected chi connectivity index (χ2v) is 3.57. The fourth-order valence-electron chi connectivity index (χ4n) is 1.41. The maximum absolute atomic E-state index is 5.74. The molecule has 1 atom stereocenters. The molecule has 0 aliphatic rings. The molecule has 0 aromatic carbocycles. The third-order valence-electron chi connectivity index (χ3n) is 2.37. The van der Waals surface area contributed by atoms with Gasteiger partial charge in [-0.1, -0.05) is 6.92 Å². The van der Waals surface area contributed by atoms with Crippen molar-refractivity contribution in [3.63, 3.8) is 0 Å². The first-order valence-electron chi connectivity index (χ1n) is 4.94. The first-order chi connectivity index (χ1) is 6.69. The van der Waals surface area contributed by atoms with E-state index in [0.29, 0.717) is 11.3 Å². The fourth-order valence-corrected chi connectivity index (χ4v) is 1.55. The zero-order chi connectivity index (χ0) is 10.6. The minimum Gasteiger partial charge on any atom is -0.354 e. The van der Waals surface area contributed by atoms with Gasteiger partial charge in [0.25, 0.3) is 0 Å². The minimum atomic E-state index is 0.309. The second kappa shape index (κ2) is 5.15. The average Bonchev–Trinajstić information content (AvgIpc) is 2.19. The minimum absolute atomic E-state index is 0.309. The SMILES string of the molecule is CCC(C)N(CC)c1ccnc(Cl)n1. The van der Waals surface area contributed by atoms with Gasteiger partial charge in [-0.2, -0.15) is 0 Å². The van der Waals surface area contributed by atoms with Gasteiger partial charge >= 0.3 is 0 Å². The summed E-state index contributed by atoms with van der Waals surface area (Å²) in [5, 5.41) is 0.309. The van der Waals surface area contributed by atoms with Crippen LogP contribution in [0, 0.1) is 0 Å². The van der Waals surface area contributed by atoms with E-state index in [1.165, 1.54) is 0 Å². The fraction of sp³-hybridized carbons (Fsp3) is 0.600. The van der Waals surface area contributed by atoms with Gasteiger partial charge in [0, 0.05) is 18.8 Å². The summed E-state index contributed by atoms with van der Waals surface area (Å²) in [6.45, 7) is 7.39. The molecular weight excluding hydrogens is 198 g/mol. The predicted molar refractivity (Wildman–Crippen MR) is 59.8 cm³/mol. The van der Waals surface area contributed by atoms with Crippen LogP contribution >= 0.6 is 11.6 Å². The van der Waals surface area contributed by atoms with Crippen molar-refractivity contribution in [3.05, 3.63) is 17.5 Å². The van der Waals surface area contributed by atoms with Crippen LogP contribution in [0.15, 0.2) is 12.3 Å². The molecule has 0 aliphatic carbocycles. The van der Waals surface area contributed by atoms with E-state index < -0.39 is 0 Å². The molecule has 0 radical (unpaired) electrons. The van der Waals surface area contributed by atoms with Crippen LogP contribution in [-0.2, 0) is 0 Å². The summed E-state index contributed by atoms with van der Waals surface area (Å²) in [5.74, 6) is 0.904. The topological polar surface area (TPSA) is 29.0 Å². The first kappa shape index (κ1) is 11.2. The van der Waals surface area contributed by atoms with Crippen LogP contribution in [-0.4, -0.2) is 22.6 Å². The quantitative estimate of drug-likeness (QED) is 0.721. The zero-order valence-electron chi connectivity index (χ0n) is 8.87. The summed E-state index contributed by atoms with van der Waals surface area (Å²) in [5.41, 5.74) is 0. The molecule has 1 unspecified atom stereocenters. The molecule has 0 bridgehead atoms. The van der Waals surface area contributed by atoms with Gasteiger partial charge in [0.2, 0.25) is 5.28 Å². The molecule has 1 aromatic heterocycles. The molecule has 0 amide bonds. The molecule has 1 rings (SSSR count). The highest BCUT2D eigenvalue weighted by Gasteiger charge is 2.12. The molecule has 0 saturated carbocycles. The highest BCUT2D eigenvalue weighted by molar-refractivity contribution is 6.28. The third kappa shape index (κ3) is 2.58. The molecular formula is C10H16ClN3. The van der Waals surface area contributed by atoms with E-state index in [1.54, 1.807) is 6.20 Å². The van der Waals surface area contributed by atoms with Crippen LogP contribution in [0.2, 0.25) is 5.28 Å². The maximum atomic E-state index is 5.74. The second-order valence-electron chi connectivity index (χ2n) is 3.23. The molecule has 0 N–H and O–H groups in total. The van der Waals surface area contributed by atoms with Gasteiger partial charge in [-0.25, -0.2) is 9.97 Å². The smallest absolute Gasteiger partial charge is 0.224 e. The number of anilines is 1. The van der Waals surface area contributed by atoms with E-state index in [4.69, 9.17) is 11.6 Å². The van der Waals surface area contributed by atoms with Gasteiger partial charge in [0.15, 0.2) is 0 Å². The van der Waals surface area contributed by atoms with Gasteiger partial charge < -0.3 is 4.90 Å². The molecule has 0 fully saturated rings. The monoisotopic (exact) mass is 213 g/mol. The Labute approximate surface area is 90.1 Å². The van der Waals surface area contributed by atoms with Crippen LogP contribution in [0.4, 0.5) is 5.82 Å². The van der Waals surface area contributed by atoms with E-state index >= 15 is 0 Å². The normalized spacial score (nSPS) is 12.6. The van der Waals surface area contributed by atoms with Crippen molar-refractivity contribution >= 4 is 17.4 Å². The molecule has 0 saturated heterocycles. The summed E-state index contributed by atoms with van der Waals surface area (Å²) in [6, 6.07) is 2.37. The number of nitrogens with zero attached hydrogens (tertiary/aromatic N) is 3. The average molecular weight is 214 g/mol. The standard InChI is InChI=1S/C10H16ClN3/c1-4-8(3)14(5-2)9-6-7-12-10(11)13-9/h6-8H,4-5H2,1-3H3. The largest absolute Gasteiger partial charge is 0.354 e. The number of aromatic nitrogens is 2. The van der Waals surface area contributed by atoms with Gasteiger partial charge in [0.05, 0.1) is 0 Å². The van der Waals surface area contributed by atoms with Crippen LogP contribution in [0.5, 0.6) is 0 Å². The Balaban J connectivity index is 2.89. The number of hydrogen-bond donors (Lipinski definition) is 0. The van der Waals surface area contributed by atoms with Crippen molar-refractivity contribution in [1.82, 2.24) is 9.97 Å². The lowest BCUT2D eigenvalue weighted by Gasteiger charge is -2.28. The molecule has 14 heavy (non-hydrogen) atoms. The van der Waals surface area contributed by atoms with E-state index in [9.17, 15) is 0 Å². The first-order valence-corrected chi connectivity index (χ1v) is 5.32. The molecule has 0 spiro atoms. The number of rotatable bonds is 4. The van der Waals surface area contributed by atoms with Crippen LogP contribution in [0.3, 0.4) is 0 Å². The van der Waals surface area contributed by atoms with E-state index in [-0.39, 0.29) is 0 Å². The molecule has 1 heterocycles. The van der Waals surface area contributed by atoms with Gasteiger partial charge in [-0.3, -0.25) is 0 Å². The molecule has 4 heteroatoms. The molecule has 78 valence electrons. The lowest BCUT2D eigenvalue weighted by Crippen LogP contribution is -2.33. The van der Waals surface area contributed by atoms with E-state index in [0.717, 1.165) is 18.8 Å². The summed E-state index contributed by atoms with van der Waals surface area (Å²) in [6.07, 6.45) is 2.78. The number of hydrogen-bond acceptors (Lipinski definition) is 3. The lowest BCUT2D eigenvalue weighted by molar-refractivity contribution is 0.622. The predicted octanol–water partition coefficient (Wildman–Crippen LogP) is 2.75. The van der Waals surface area contributed by atoms with Crippen molar-refractivity contribution in [3.8, 4) is 0 Å². The Bertz CT molecular complexity index is 290. The highest BCUT2D eigenvalue weighted by Crippen LogP contribution is 2.16. The molecule has 0 aliphatic heterocycles. The van der Waals surface area contributed by atoms with Gasteiger partial charge in [-0.05, 0) is 37.9 Å². The Kier molecular flexibility index (Phi) is 4.14. The Morgan fingerprint density at radius 1 is 1.50 bits per heavy atom. The van der Waals surface area contributed by atoms with Gasteiger partial charge in [-0.15, -0.1) is 0 Å². The highest BCUT2D eigenvalue weighted by atomic mass is 35.5. The Hall–Kier alpha value is -0.830. The maximum Gasteiger partial charge on any atom is 0.224 e. The lowest BCUT2D eigenvalue weighted by atomic mass is 10.2. The van der Waals surface area contributed by atoms with Crippen molar-refractivity contribution in [1.29, 1.82) is 0 Å². The zero-order valence-corrected chi connectivity index (χ0v) is 9.62. The van der Waals surface area contributed by atoms with E-state index in [1.807, 2.05) is 6.07 Å². The van der Waals surface area contributed by atoms with Crippen LogP contribution in [0.1, 0.15) is 27.2 Å². The molecule has 1 aromatic rings.